The summed E-state index contributed by atoms with van der Waals surface area (Å²) in [6.07, 6.45) is -0.115. The molecular weight excluding hydrogens is 513 g/mol. The van der Waals surface area contributed by atoms with Crippen molar-refractivity contribution in [3.05, 3.63) is 69.3 Å². The molecule has 4 rings (SSSR count). The number of anilines is 3. The molecule has 0 aliphatic rings. The first kappa shape index (κ1) is 24.0. The van der Waals surface area contributed by atoms with Gasteiger partial charge in [0.2, 0.25) is 0 Å². The molecule has 4 aromatic heterocycles. The van der Waals surface area contributed by atoms with Crippen molar-refractivity contribution in [2.45, 2.75) is 12.7 Å². The normalized spacial score (nSPS) is 11.2. The van der Waals surface area contributed by atoms with Gasteiger partial charge in [0.05, 0.1) is 23.3 Å². The number of amides is 2. The van der Waals surface area contributed by atoms with E-state index < -0.39 is 28.6 Å². The van der Waals surface area contributed by atoms with Crippen LogP contribution in [0.5, 0.6) is 0 Å². The fourth-order valence-corrected chi connectivity index (χ4v) is 3.57. The molecule has 0 aliphatic carbocycles. The second-order valence-electron chi connectivity index (χ2n) is 6.60. The summed E-state index contributed by atoms with van der Waals surface area (Å²) in [4.78, 5) is 40.5. The van der Waals surface area contributed by atoms with Gasteiger partial charge in [-0.2, -0.15) is 13.2 Å². The lowest BCUT2D eigenvalue weighted by atomic mass is 10.2. The van der Waals surface area contributed by atoms with Crippen LogP contribution in [0, 0.1) is 0 Å². The van der Waals surface area contributed by atoms with Crippen LogP contribution in [0.4, 0.5) is 30.6 Å². The summed E-state index contributed by atoms with van der Waals surface area (Å²) in [5, 5.41) is 11.2. The number of nitrogens with one attached hydrogen (secondary N) is 3. The van der Waals surface area contributed by atoms with Crippen molar-refractivity contribution in [2.75, 3.05) is 10.6 Å². The van der Waals surface area contributed by atoms with Crippen molar-refractivity contribution >= 4 is 52.2 Å². The van der Waals surface area contributed by atoms with Gasteiger partial charge >= 0.3 is 6.18 Å². The molecule has 0 fully saturated rings. The number of hydrogen-bond acceptors (Lipinski definition) is 10. The predicted molar refractivity (Wildman–Crippen MR) is 117 cm³/mol. The lowest BCUT2D eigenvalue weighted by Crippen LogP contribution is -2.24. The summed E-state index contributed by atoms with van der Waals surface area (Å²) in [5.41, 5.74) is -1.06. The number of carbonyl (C=O) groups excluding carboxylic acids is 2. The predicted octanol–water partition coefficient (Wildman–Crippen LogP) is 3.91. The van der Waals surface area contributed by atoms with Crippen LogP contribution >= 0.6 is 22.9 Å². The maximum Gasteiger partial charge on any atom is 0.418 e. The second kappa shape index (κ2) is 10.0. The first-order chi connectivity index (χ1) is 16.7. The van der Waals surface area contributed by atoms with E-state index in [4.69, 9.17) is 16.1 Å². The summed E-state index contributed by atoms with van der Waals surface area (Å²) < 4.78 is 43.7. The number of halogens is 4. The van der Waals surface area contributed by atoms with Crippen LogP contribution in [0.3, 0.4) is 0 Å². The monoisotopic (exact) mass is 524 g/mol. The van der Waals surface area contributed by atoms with E-state index in [1.54, 1.807) is 6.07 Å². The molecule has 0 atom stereocenters. The third-order valence-corrected chi connectivity index (χ3v) is 5.47. The van der Waals surface area contributed by atoms with E-state index in [9.17, 15) is 22.8 Å². The average Bonchev–Trinajstić information content (AvgIpc) is 3.50. The Morgan fingerprint density at radius 3 is 2.60 bits per heavy atom. The van der Waals surface area contributed by atoms with Gasteiger partial charge in [0.15, 0.2) is 5.82 Å². The number of aromatic nitrogens is 5. The van der Waals surface area contributed by atoms with Gasteiger partial charge in [-0.25, -0.2) is 19.9 Å². The highest BCUT2D eigenvalue weighted by molar-refractivity contribution is 7.13. The van der Waals surface area contributed by atoms with Gasteiger partial charge in [0.25, 0.3) is 11.8 Å². The minimum absolute atomic E-state index is 0.0236. The Kier molecular flexibility index (Phi) is 6.88. The molecule has 0 unspecified atom stereocenters. The van der Waals surface area contributed by atoms with Gasteiger partial charge in [0, 0.05) is 18.3 Å². The summed E-state index contributed by atoms with van der Waals surface area (Å²) in [5.74, 6) is -0.859. The molecule has 2 amide bonds. The lowest BCUT2D eigenvalue weighted by Gasteiger charge is -2.10. The Bertz CT molecular complexity index is 1360. The fraction of sp³-hybridized carbons (Fsp3) is 0.105. The Morgan fingerprint density at radius 1 is 1.03 bits per heavy atom. The summed E-state index contributed by atoms with van der Waals surface area (Å²) in [6.45, 7) is -0.0236. The molecule has 0 saturated heterocycles. The van der Waals surface area contributed by atoms with E-state index in [0.29, 0.717) is 22.7 Å². The van der Waals surface area contributed by atoms with Crippen LogP contribution in [0.1, 0.15) is 30.7 Å². The molecule has 180 valence electrons. The number of pyridine rings is 1. The van der Waals surface area contributed by atoms with Crippen LogP contribution in [0.15, 0.2) is 47.7 Å². The summed E-state index contributed by atoms with van der Waals surface area (Å²) >= 11 is 6.47. The number of thiazole rings is 1. The zero-order valence-electron chi connectivity index (χ0n) is 17.1. The van der Waals surface area contributed by atoms with Crippen LogP contribution in [-0.4, -0.2) is 36.9 Å². The number of nitrogens with zero attached hydrogens (tertiary/aromatic N) is 5. The van der Waals surface area contributed by atoms with E-state index in [1.165, 1.54) is 24.9 Å². The Balaban J connectivity index is 1.35. The smallest absolute Gasteiger partial charge is 0.363 e. The van der Waals surface area contributed by atoms with Gasteiger partial charge in [-0.1, -0.05) is 16.8 Å². The third kappa shape index (κ3) is 6.07. The molecule has 4 heterocycles. The first-order valence-electron chi connectivity index (χ1n) is 9.45. The average molecular weight is 525 g/mol. The lowest BCUT2D eigenvalue weighted by molar-refractivity contribution is -0.137. The van der Waals surface area contributed by atoms with Gasteiger partial charge in [-0.05, 0) is 6.07 Å². The molecular formula is C19H12ClF3N8O3S. The fourth-order valence-electron chi connectivity index (χ4n) is 2.60. The first-order valence-corrected chi connectivity index (χ1v) is 10.6. The minimum Gasteiger partial charge on any atom is -0.363 e. The molecule has 0 aliphatic heterocycles. The zero-order chi connectivity index (χ0) is 25.0. The maximum absolute atomic E-state index is 13.0. The van der Waals surface area contributed by atoms with Crippen LogP contribution < -0.4 is 16.0 Å². The van der Waals surface area contributed by atoms with Crippen molar-refractivity contribution in [2.24, 2.45) is 0 Å². The van der Waals surface area contributed by atoms with E-state index in [1.807, 2.05) is 0 Å². The molecule has 0 aromatic carbocycles. The standard InChI is InChI=1S/C19H12ClF3N8O3S/c20-10-5-24-14(3-9(10)19(21,22)23)30-18(33)12-6-25-16(35-12)7-26-17(32)11-4-15(28-8-27-11)29-13-1-2-34-31-13/h1-6,8H,7H2,(H,26,32)(H,24,30,33)(H,27,28,29,31). The van der Waals surface area contributed by atoms with Crippen LogP contribution in [0.2, 0.25) is 5.02 Å². The van der Waals surface area contributed by atoms with Crippen molar-refractivity contribution in [1.82, 2.24) is 30.4 Å². The largest absolute Gasteiger partial charge is 0.418 e. The van der Waals surface area contributed by atoms with Crippen LogP contribution in [0.25, 0.3) is 0 Å². The zero-order valence-corrected chi connectivity index (χ0v) is 18.7. The van der Waals surface area contributed by atoms with Crippen molar-refractivity contribution in [1.29, 1.82) is 0 Å². The van der Waals surface area contributed by atoms with Crippen molar-refractivity contribution in [3.8, 4) is 0 Å². The highest BCUT2D eigenvalue weighted by Gasteiger charge is 2.34. The number of rotatable bonds is 7. The SMILES string of the molecule is O=C(NCc1ncc(C(=O)Nc2cc(C(F)(F)F)c(Cl)cn2)s1)c1cc(Nc2ccon2)ncn1. The number of carbonyl (C=O) groups is 2. The molecule has 3 N–H and O–H groups in total. The van der Waals surface area contributed by atoms with Gasteiger partial charge in [0.1, 0.15) is 39.8 Å². The molecule has 16 heteroatoms. The Labute approximate surface area is 202 Å². The van der Waals surface area contributed by atoms with Gasteiger partial charge < -0.3 is 20.5 Å². The van der Waals surface area contributed by atoms with E-state index in [0.717, 1.165) is 17.5 Å². The Hall–Kier alpha value is -4.11. The van der Waals surface area contributed by atoms with E-state index >= 15 is 0 Å². The molecule has 0 radical (unpaired) electrons. The number of alkyl halides is 3. The van der Waals surface area contributed by atoms with E-state index in [2.05, 4.69) is 41.0 Å². The van der Waals surface area contributed by atoms with Gasteiger partial charge in [-0.3, -0.25) is 9.59 Å². The van der Waals surface area contributed by atoms with Crippen LogP contribution in [-0.2, 0) is 12.7 Å². The second-order valence-corrected chi connectivity index (χ2v) is 8.12. The Morgan fingerprint density at radius 2 is 1.86 bits per heavy atom. The topological polar surface area (TPSA) is 148 Å². The molecule has 35 heavy (non-hydrogen) atoms. The van der Waals surface area contributed by atoms with E-state index in [-0.39, 0.29) is 22.9 Å². The summed E-state index contributed by atoms with van der Waals surface area (Å²) in [7, 11) is 0. The maximum atomic E-state index is 13.0. The van der Waals surface area contributed by atoms with Crippen molar-refractivity contribution in [3.63, 3.8) is 0 Å². The molecule has 0 bridgehead atoms. The van der Waals surface area contributed by atoms with Gasteiger partial charge in [-0.15, -0.1) is 11.3 Å². The third-order valence-electron chi connectivity index (χ3n) is 4.17. The quantitative estimate of drug-likeness (QED) is 0.327. The molecule has 4 aromatic rings. The highest BCUT2D eigenvalue weighted by Crippen LogP contribution is 2.35. The molecule has 0 saturated carbocycles. The van der Waals surface area contributed by atoms with Crippen molar-refractivity contribution < 1.29 is 27.3 Å². The number of hydrogen-bond donors (Lipinski definition) is 3. The summed E-state index contributed by atoms with van der Waals surface area (Å²) in [6, 6.07) is 3.60. The minimum atomic E-state index is -4.70. The highest BCUT2D eigenvalue weighted by atomic mass is 35.5. The molecule has 0 spiro atoms. The molecule has 11 nitrogen and oxygen atoms in total.